The second-order valence-electron chi connectivity index (χ2n) is 6.94. The van der Waals surface area contributed by atoms with E-state index in [9.17, 15) is 4.79 Å². The highest BCUT2D eigenvalue weighted by atomic mass is 16.5. The smallest absolute Gasteiger partial charge is 0.257 e. The van der Waals surface area contributed by atoms with E-state index in [1.165, 1.54) is 11.1 Å². The van der Waals surface area contributed by atoms with Gasteiger partial charge in [-0.05, 0) is 37.5 Å². The summed E-state index contributed by atoms with van der Waals surface area (Å²) >= 11 is 0. The first-order valence-electron chi connectivity index (χ1n) is 8.87. The van der Waals surface area contributed by atoms with Crippen molar-refractivity contribution in [2.75, 3.05) is 7.11 Å². The van der Waals surface area contributed by atoms with Crippen LogP contribution in [-0.4, -0.2) is 36.3 Å². The van der Waals surface area contributed by atoms with Crippen LogP contribution in [0, 0.1) is 0 Å². The minimum atomic E-state index is -0.0368. The van der Waals surface area contributed by atoms with Gasteiger partial charge in [0.05, 0.1) is 30.5 Å². The summed E-state index contributed by atoms with van der Waals surface area (Å²) in [4.78, 5) is 19.7. The number of nitrogens with zero attached hydrogens (tertiary/aromatic N) is 2. The zero-order valence-corrected chi connectivity index (χ0v) is 15.2. The second kappa shape index (κ2) is 6.48. The number of fused-ring (bicyclic) bond motifs is 3. The summed E-state index contributed by atoms with van der Waals surface area (Å²) in [6.45, 7) is 4.51. The molecular weight excluding hydrogens is 328 g/mol. The van der Waals surface area contributed by atoms with E-state index < -0.39 is 0 Å². The number of hydrogen-bond acceptors (Lipinski definition) is 4. The first kappa shape index (κ1) is 16.6. The lowest BCUT2D eigenvalue weighted by atomic mass is 9.94. The standard InChI is InChI=1S/C21H22N2O3/c1-13(2)26-20-10-18-17(9-19(20)25-3)21(24)23-12-15-7-5-4-6-14(15)8-16(23)11-22-18/h4-7,9-11,13,16H,8,12H2,1-3H3/t16-/m0/s1. The number of carbonyl (C=O) groups is 1. The molecule has 4 rings (SSSR count). The van der Waals surface area contributed by atoms with E-state index >= 15 is 0 Å². The Bertz CT molecular complexity index is 889. The van der Waals surface area contributed by atoms with Crippen LogP contribution in [-0.2, 0) is 13.0 Å². The third-order valence-electron chi connectivity index (χ3n) is 4.81. The number of rotatable bonds is 3. The van der Waals surface area contributed by atoms with Gasteiger partial charge in [0.15, 0.2) is 11.5 Å². The molecule has 2 aromatic carbocycles. The van der Waals surface area contributed by atoms with Crippen LogP contribution < -0.4 is 9.47 Å². The van der Waals surface area contributed by atoms with Crippen LogP contribution in [0.1, 0.15) is 35.3 Å². The maximum Gasteiger partial charge on any atom is 0.257 e. The maximum atomic E-state index is 13.2. The van der Waals surface area contributed by atoms with Crippen LogP contribution in [0.15, 0.2) is 41.4 Å². The van der Waals surface area contributed by atoms with E-state index in [1.807, 2.05) is 37.1 Å². The van der Waals surface area contributed by atoms with Crippen LogP contribution in [0.2, 0.25) is 0 Å². The molecule has 0 radical (unpaired) electrons. The summed E-state index contributed by atoms with van der Waals surface area (Å²) in [7, 11) is 1.58. The average molecular weight is 350 g/mol. The summed E-state index contributed by atoms with van der Waals surface area (Å²) in [5.74, 6) is 1.14. The van der Waals surface area contributed by atoms with Crippen molar-refractivity contribution in [3.63, 3.8) is 0 Å². The number of amides is 1. The maximum absolute atomic E-state index is 13.2. The van der Waals surface area contributed by atoms with E-state index in [2.05, 4.69) is 17.1 Å². The largest absolute Gasteiger partial charge is 0.493 e. The van der Waals surface area contributed by atoms with Gasteiger partial charge in [-0.1, -0.05) is 24.3 Å². The highest BCUT2D eigenvalue weighted by Crippen LogP contribution is 2.38. The molecular formula is C21H22N2O3. The van der Waals surface area contributed by atoms with Crippen molar-refractivity contribution in [1.82, 2.24) is 4.90 Å². The van der Waals surface area contributed by atoms with Gasteiger partial charge in [0.1, 0.15) is 0 Å². The second-order valence-corrected chi connectivity index (χ2v) is 6.94. The topological polar surface area (TPSA) is 51.1 Å². The van der Waals surface area contributed by atoms with Crippen LogP contribution in [0.4, 0.5) is 5.69 Å². The highest BCUT2D eigenvalue weighted by molar-refractivity contribution is 6.03. The molecule has 0 fully saturated rings. The quantitative estimate of drug-likeness (QED) is 0.847. The van der Waals surface area contributed by atoms with Crippen molar-refractivity contribution in [3.05, 3.63) is 53.1 Å². The number of methoxy groups -OCH3 is 1. The first-order chi connectivity index (χ1) is 12.6. The van der Waals surface area contributed by atoms with Crippen molar-refractivity contribution < 1.29 is 14.3 Å². The number of aliphatic imine (C=N–C) groups is 1. The minimum absolute atomic E-state index is 0.00763. The van der Waals surface area contributed by atoms with Crippen LogP contribution in [0.25, 0.3) is 0 Å². The molecule has 0 spiro atoms. The molecule has 0 saturated heterocycles. The normalized spacial score (nSPS) is 18.1. The predicted octanol–water partition coefficient (Wildman–Crippen LogP) is 3.77. The molecule has 2 aromatic rings. The summed E-state index contributed by atoms with van der Waals surface area (Å²) in [6, 6.07) is 11.8. The average Bonchev–Trinajstić information content (AvgIpc) is 2.76. The molecule has 0 aliphatic carbocycles. The third kappa shape index (κ3) is 2.83. The molecule has 0 aromatic heterocycles. The SMILES string of the molecule is COc1cc2c(cc1OC(C)C)N=C[C@@H]1Cc3ccccc3CN1C2=O. The molecule has 26 heavy (non-hydrogen) atoms. The Kier molecular flexibility index (Phi) is 4.15. The summed E-state index contributed by atoms with van der Waals surface area (Å²) < 4.78 is 11.3. The van der Waals surface area contributed by atoms with Gasteiger partial charge >= 0.3 is 0 Å². The Labute approximate surface area is 153 Å². The van der Waals surface area contributed by atoms with Gasteiger partial charge in [0.25, 0.3) is 5.91 Å². The Balaban J connectivity index is 1.76. The van der Waals surface area contributed by atoms with Gasteiger partial charge in [-0.15, -0.1) is 0 Å². The number of carbonyl (C=O) groups excluding carboxylic acids is 1. The van der Waals surface area contributed by atoms with Gasteiger partial charge in [0.2, 0.25) is 0 Å². The molecule has 5 nitrogen and oxygen atoms in total. The Hall–Kier alpha value is -2.82. The Morgan fingerprint density at radius 2 is 1.92 bits per heavy atom. The van der Waals surface area contributed by atoms with E-state index in [1.54, 1.807) is 19.2 Å². The van der Waals surface area contributed by atoms with Crippen molar-refractivity contribution in [3.8, 4) is 11.5 Å². The van der Waals surface area contributed by atoms with Crippen LogP contribution in [0.3, 0.4) is 0 Å². The van der Waals surface area contributed by atoms with Gasteiger partial charge in [-0.2, -0.15) is 0 Å². The fourth-order valence-corrected chi connectivity index (χ4v) is 3.56. The van der Waals surface area contributed by atoms with Gasteiger partial charge in [-0.3, -0.25) is 9.79 Å². The molecule has 1 atom stereocenters. The number of ether oxygens (including phenoxy) is 2. The molecule has 0 saturated carbocycles. The predicted molar refractivity (Wildman–Crippen MR) is 101 cm³/mol. The lowest BCUT2D eigenvalue weighted by Crippen LogP contribution is -2.44. The van der Waals surface area contributed by atoms with E-state index in [4.69, 9.17) is 9.47 Å². The fraction of sp³-hybridized carbons (Fsp3) is 0.333. The molecule has 2 aliphatic heterocycles. The summed E-state index contributed by atoms with van der Waals surface area (Å²) in [5, 5.41) is 0. The van der Waals surface area contributed by atoms with Crippen molar-refractivity contribution in [2.45, 2.75) is 39.0 Å². The van der Waals surface area contributed by atoms with Crippen LogP contribution in [0.5, 0.6) is 11.5 Å². The zero-order chi connectivity index (χ0) is 18.3. The Morgan fingerprint density at radius 3 is 2.65 bits per heavy atom. The number of hydrogen-bond donors (Lipinski definition) is 0. The molecule has 5 heteroatoms. The van der Waals surface area contributed by atoms with E-state index in [0.29, 0.717) is 29.3 Å². The molecule has 0 unspecified atom stereocenters. The lowest BCUT2D eigenvalue weighted by molar-refractivity contribution is 0.0703. The fourth-order valence-electron chi connectivity index (χ4n) is 3.56. The van der Waals surface area contributed by atoms with Crippen LogP contribution >= 0.6 is 0 Å². The van der Waals surface area contributed by atoms with Gasteiger partial charge in [0, 0.05) is 18.8 Å². The monoisotopic (exact) mass is 350 g/mol. The molecule has 2 heterocycles. The van der Waals surface area contributed by atoms with Crippen molar-refractivity contribution in [2.24, 2.45) is 4.99 Å². The number of benzene rings is 2. The molecule has 0 N–H and O–H groups in total. The van der Waals surface area contributed by atoms with Crippen molar-refractivity contribution in [1.29, 1.82) is 0 Å². The molecule has 134 valence electrons. The molecule has 2 aliphatic rings. The van der Waals surface area contributed by atoms with E-state index in [0.717, 1.165) is 6.42 Å². The Morgan fingerprint density at radius 1 is 1.15 bits per heavy atom. The lowest BCUT2D eigenvalue weighted by Gasteiger charge is -2.34. The van der Waals surface area contributed by atoms with E-state index in [-0.39, 0.29) is 18.1 Å². The molecule has 0 bridgehead atoms. The summed E-state index contributed by atoms with van der Waals surface area (Å²) in [6.07, 6.45) is 2.67. The highest BCUT2D eigenvalue weighted by Gasteiger charge is 2.33. The zero-order valence-electron chi connectivity index (χ0n) is 15.2. The molecule has 1 amide bonds. The van der Waals surface area contributed by atoms with Gasteiger partial charge in [-0.25, -0.2) is 0 Å². The third-order valence-corrected chi connectivity index (χ3v) is 4.81. The minimum Gasteiger partial charge on any atom is -0.493 e. The summed E-state index contributed by atoms with van der Waals surface area (Å²) in [5.41, 5.74) is 3.65. The van der Waals surface area contributed by atoms with Crippen molar-refractivity contribution >= 4 is 17.8 Å². The van der Waals surface area contributed by atoms with Gasteiger partial charge < -0.3 is 14.4 Å². The first-order valence-corrected chi connectivity index (χ1v) is 8.87.